The highest BCUT2D eigenvalue weighted by Crippen LogP contribution is 2.18. The normalized spacial score (nSPS) is 11.2. The van der Waals surface area contributed by atoms with E-state index >= 15 is 0 Å². The number of carbonyl (C=O) groups excluding carboxylic acids is 3. The van der Waals surface area contributed by atoms with Crippen molar-refractivity contribution < 1.29 is 28.6 Å². The molecule has 206 valence electrons. The number of benzene rings is 3. The van der Waals surface area contributed by atoms with Gasteiger partial charge in [-0.15, -0.1) is 0 Å². The van der Waals surface area contributed by atoms with Gasteiger partial charge in [0.25, 0.3) is 0 Å². The molecule has 0 atom stereocenters. The number of rotatable bonds is 11. The highest BCUT2D eigenvalue weighted by Gasteiger charge is 2.22. The zero-order chi connectivity index (χ0) is 28.5. The highest BCUT2D eigenvalue weighted by atomic mass is 16.6. The Balaban J connectivity index is 1.68. The molecule has 0 amide bonds. The minimum absolute atomic E-state index is 0.264. The van der Waals surface area contributed by atoms with Crippen LogP contribution in [0.15, 0.2) is 72.8 Å². The van der Waals surface area contributed by atoms with Crippen LogP contribution in [-0.2, 0) is 14.2 Å². The number of hydrogen-bond donors (Lipinski definition) is 0. The smallest absolute Gasteiger partial charge is 0.338 e. The van der Waals surface area contributed by atoms with E-state index in [2.05, 4.69) is 41.5 Å². The number of esters is 3. The van der Waals surface area contributed by atoms with Crippen LogP contribution in [0.4, 0.5) is 0 Å². The molecule has 0 aliphatic carbocycles. The summed E-state index contributed by atoms with van der Waals surface area (Å²) < 4.78 is 16.5. The Bertz CT molecular complexity index is 1170. The lowest BCUT2D eigenvalue weighted by Crippen LogP contribution is -2.31. The van der Waals surface area contributed by atoms with E-state index in [0.717, 1.165) is 16.7 Å². The van der Waals surface area contributed by atoms with Crippen molar-refractivity contribution in [2.24, 2.45) is 0 Å². The van der Waals surface area contributed by atoms with E-state index in [4.69, 9.17) is 14.2 Å². The zero-order valence-electron chi connectivity index (χ0n) is 23.6. The third-order valence-electron chi connectivity index (χ3n) is 6.51. The highest BCUT2D eigenvalue weighted by molar-refractivity contribution is 5.91. The first kappa shape index (κ1) is 29.6. The molecule has 0 bridgehead atoms. The number of carbonyl (C=O) groups is 3. The molecule has 3 aromatic carbocycles. The van der Waals surface area contributed by atoms with Gasteiger partial charge in [-0.1, -0.05) is 77.9 Å². The van der Waals surface area contributed by atoms with Crippen LogP contribution in [-0.4, -0.2) is 37.2 Å². The van der Waals surface area contributed by atoms with Crippen molar-refractivity contribution in [1.29, 1.82) is 0 Å². The fourth-order valence-electron chi connectivity index (χ4n) is 3.85. The minimum atomic E-state index is -0.986. The molecule has 0 radical (unpaired) electrons. The van der Waals surface area contributed by atoms with Crippen LogP contribution in [0.1, 0.15) is 107 Å². The first-order valence-electron chi connectivity index (χ1n) is 13.4. The Labute approximate surface area is 231 Å². The molecule has 0 saturated carbocycles. The summed E-state index contributed by atoms with van der Waals surface area (Å²) in [6.45, 7) is 11.9. The lowest BCUT2D eigenvalue weighted by molar-refractivity contribution is -0.0253. The van der Waals surface area contributed by atoms with E-state index in [9.17, 15) is 14.4 Å². The van der Waals surface area contributed by atoms with Gasteiger partial charge < -0.3 is 14.2 Å². The van der Waals surface area contributed by atoms with Gasteiger partial charge in [-0.3, -0.25) is 0 Å². The Morgan fingerprint density at radius 1 is 0.487 bits per heavy atom. The lowest BCUT2D eigenvalue weighted by atomic mass is 10.0. The predicted molar refractivity (Wildman–Crippen MR) is 151 cm³/mol. The van der Waals surface area contributed by atoms with Crippen molar-refractivity contribution in [2.75, 3.05) is 13.2 Å². The van der Waals surface area contributed by atoms with Gasteiger partial charge >= 0.3 is 17.9 Å². The zero-order valence-corrected chi connectivity index (χ0v) is 23.6. The van der Waals surface area contributed by atoms with Crippen LogP contribution in [0.5, 0.6) is 0 Å². The maximum Gasteiger partial charge on any atom is 0.338 e. The van der Waals surface area contributed by atoms with E-state index < -0.39 is 24.0 Å². The van der Waals surface area contributed by atoms with Crippen LogP contribution in [0.3, 0.4) is 0 Å². The number of hydrogen-bond acceptors (Lipinski definition) is 6. The third kappa shape index (κ3) is 8.54. The van der Waals surface area contributed by atoms with E-state index in [0.29, 0.717) is 34.4 Å². The van der Waals surface area contributed by atoms with Gasteiger partial charge in [0.2, 0.25) is 0 Å². The molecule has 0 saturated heterocycles. The maximum absolute atomic E-state index is 12.9. The molecule has 6 nitrogen and oxygen atoms in total. The fourth-order valence-corrected chi connectivity index (χ4v) is 3.85. The molecule has 6 heteroatoms. The van der Waals surface area contributed by atoms with Gasteiger partial charge in [0.05, 0.1) is 16.7 Å². The summed E-state index contributed by atoms with van der Waals surface area (Å²) in [6, 6.07) is 21.5. The van der Waals surface area contributed by atoms with Gasteiger partial charge in [-0.05, 0) is 70.8 Å². The molecule has 0 fully saturated rings. The van der Waals surface area contributed by atoms with Gasteiger partial charge in [-0.2, -0.15) is 0 Å². The Morgan fingerprint density at radius 3 is 1.05 bits per heavy atom. The summed E-state index contributed by atoms with van der Waals surface area (Å²) in [5, 5.41) is 0. The van der Waals surface area contributed by atoms with Crippen LogP contribution in [0, 0.1) is 0 Å². The summed E-state index contributed by atoms with van der Waals surface area (Å²) in [5.41, 5.74) is 4.44. The third-order valence-corrected chi connectivity index (χ3v) is 6.51. The first-order valence-corrected chi connectivity index (χ1v) is 13.4. The van der Waals surface area contributed by atoms with Crippen molar-refractivity contribution in [3.8, 4) is 0 Å². The van der Waals surface area contributed by atoms with E-state index in [1.165, 1.54) is 0 Å². The minimum Gasteiger partial charge on any atom is -0.458 e. The van der Waals surface area contributed by atoms with Crippen molar-refractivity contribution >= 4 is 17.9 Å². The number of ether oxygens (including phenoxy) is 3. The topological polar surface area (TPSA) is 78.9 Å². The van der Waals surface area contributed by atoms with Crippen molar-refractivity contribution in [3.63, 3.8) is 0 Å². The average molecular weight is 531 g/mol. The van der Waals surface area contributed by atoms with Crippen molar-refractivity contribution in [3.05, 3.63) is 106 Å². The summed E-state index contributed by atoms with van der Waals surface area (Å²) in [7, 11) is 0. The van der Waals surface area contributed by atoms with Crippen molar-refractivity contribution in [1.82, 2.24) is 0 Å². The Hall–Kier alpha value is -3.93. The van der Waals surface area contributed by atoms with E-state index in [1.807, 2.05) is 36.4 Å². The van der Waals surface area contributed by atoms with E-state index in [1.54, 1.807) is 36.4 Å². The summed E-state index contributed by atoms with van der Waals surface area (Å²) in [4.78, 5) is 38.2. The predicted octanol–water partition coefficient (Wildman–Crippen LogP) is 7.30. The maximum atomic E-state index is 12.9. The second kappa shape index (κ2) is 13.7. The monoisotopic (exact) mass is 530 g/mol. The first-order chi connectivity index (χ1) is 18.5. The second-order valence-corrected chi connectivity index (χ2v) is 10.6. The molecule has 0 aliphatic rings. The van der Waals surface area contributed by atoms with E-state index in [-0.39, 0.29) is 13.2 Å². The van der Waals surface area contributed by atoms with Gasteiger partial charge in [-0.25, -0.2) is 14.4 Å². The molecule has 0 N–H and O–H groups in total. The molecule has 0 aliphatic heterocycles. The Morgan fingerprint density at radius 2 is 0.769 bits per heavy atom. The second-order valence-electron chi connectivity index (χ2n) is 10.6. The molecule has 0 heterocycles. The lowest BCUT2D eigenvalue weighted by Gasteiger charge is -2.19. The van der Waals surface area contributed by atoms with Crippen LogP contribution in [0.25, 0.3) is 0 Å². The van der Waals surface area contributed by atoms with Crippen LogP contribution in [0.2, 0.25) is 0 Å². The molecule has 39 heavy (non-hydrogen) atoms. The van der Waals surface area contributed by atoms with Crippen LogP contribution >= 0.6 is 0 Å². The van der Waals surface area contributed by atoms with Gasteiger partial charge in [0.1, 0.15) is 13.2 Å². The summed E-state index contributed by atoms with van der Waals surface area (Å²) >= 11 is 0. The molecule has 3 aromatic rings. The SMILES string of the molecule is CC(C)c1ccc(C(=O)OCC(COC(=O)c2ccc(C(C)C)cc2)OC(=O)c2ccc(C(C)C)cc2)cc1. The van der Waals surface area contributed by atoms with Crippen LogP contribution < -0.4 is 0 Å². The Kier molecular flexibility index (Phi) is 10.4. The average Bonchev–Trinajstić information content (AvgIpc) is 2.94. The molecule has 0 spiro atoms. The summed E-state index contributed by atoms with van der Waals surface area (Å²) in [5.74, 6) is -0.697. The molecule has 0 unspecified atom stereocenters. The quantitative estimate of drug-likeness (QED) is 0.191. The largest absolute Gasteiger partial charge is 0.458 e. The molecule has 3 rings (SSSR count). The van der Waals surface area contributed by atoms with Gasteiger partial charge in [0, 0.05) is 0 Å². The van der Waals surface area contributed by atoms with Gasteiger partial charge in [0.15, 0.2) is 6.10 Å². The molecular formula is C33H38O6. The van der Waals surface area contributed by atoms with Crippen molar-refractivity contribution in [2.45, 2.75) is 65.4 Å². The standard InChI is InChI=1S/C33H38O6/c1-21(2)24-7-13-27(14-8-24)31(34)37-19-30(39-33(36)29-17-11-26(12-18-29)23(5)6)20-38-32(35)28-15-9-25(10-16-28)22(3)4/h7-18,21-23,30H,19-20H2,1-6H3. The fraction of sp³-hybridized carbons (Fsp3) is 0.364. The summed E-state index contributed by atoms with van der Waals surface area (Å²) in [6.07, 6.45) is -0.986. The molecular weight excluding hydrogens is 492 g/mol. The molecule has 0 aromatic heterocycles.